The highest BCUT2D eigenvalue weighted by atomic mass is 14.9. The van der Waals surface area contributed by atoms with Gasteiger partial charge in [-0.15, -0.1) is 0 Å². The van der Waals surface area contributed by atoms with Gasteiger partial charge in [-0.25, -0.2) is 0 Å². The Kier molecular flexibility index (Phi) is 14.1. The van der Waals surface area contributed by atoms with Gasteiger partial charge in [-0.1, -0.05) is 27.7 Å². The summed E-state index contributed by atoms with van der Waals surface area (Å²) in [4.78, 5) is 0. The van der Waals surface area contributed by atoms with E-state index in [4.69, 9.17) is 0 Å². The van der Waals surface area contributed by atoms with Gasteiger partial charge in [0.15, 0.2) is 0 Å². The van der Waals surface area contributed by atoms with E-state index in [0.29, 0.717) is 0 Å². The standard InChI is InChI=1S/C5H11N.C2H6.CH4/c1-2-4-6-5-3-1;1-2;/h6H,1-5H2;1-2H3;1H4. The van der Waals surface area contributed by atoms with Gasteiger partial charge < -0.3 is 5.32 Å². The first-order chi connectivity index (χ1) is 4.00. The molecule has 58 valence electrons. The van der Waals surface area contributed by atoms with Crippen molar-refractivity contribution in [2.24, 2.45) is 0 Å². The van der Waals surface area contributed by atoms with Crippen molar-refractivity contribution in [3.8, 4) is 0 Å². The second-order valence-electron chi connectivity index (χ2n) is 1.81. The number of rotatable bonds is 0. The normalized spacial score (nSPS) is 16.7. The highest BCUT2D eigenvalue weighted by Gasteiger charge is 1.93. The third-order valence-electron chi connectivity index (χ3n) is 1.21. The van der Waals surface area contributed by atoms with Crippen LogP contribution in [0.15, 0.2) is 0 Å². The van der Waals surface area contributed by atoms with E-state index < -0.39 is 0 Å². The third kappa shape index (κ3) is 7.96. The monoisotopic (exact) mass is 131 g/mol. The molecule has 0 radical (unpaired) electrons. The molecule has 1 saturated heterocycles. The molecule has 0 unspecified atom stereocenters. The molecule has 0 aromatic heterocycles. The van der Waals surface area contributed by atoms with Gasteiger partial charge in [0.2, 0.25) is 0 Å². The fourth-order valence-corrected chi connectivity index (χ4v) is 0.802. The van der Waals surface area contributed by atoms with Crippen molar-refractivity contribution in [1.82, 2.24) is 5.32 Å². The van der Waals surface area contributed by atoms with Crippen LogP contribution >= 0.6 is 0 Å². The summed E-state index contributed by atoms with van der Waals surface area (Å²) in [5, 5.41) is 3.28. The minimum absolute atomic E-state index is 0. The molecule has 1 heterocycles. The topological polar surface area (TPSA) is 12.0 Å². The molecule has 1 rings (SSSR count). The van der Waals surface area contributed by atoms with Crippen LogP contribution in [-0.4, -0.2) is 13.1 Å². The van der Waals surface area contributed by atoms with Crippen LogP contribution in [0.2, 0.25) is 0 Å². The summed E-state index contributed by atoms with van der Waals surface area (Å²) in [6, 6.07) is 0. The lowest BCUT2D eigenvalue weighted by molar-refractivity contribution is 0.520. The maximum absolute atomic E-state index is 3.28. The molecule has 0 aliphatic carbocycles. The summed E-state index contributed by atoms with van der Waals surface area (Å²) in [6.07, 6.45) is 4.22. The van der Waals surface area contributed by atoms with Crippen molar-refractivity contribution in [3.05, 3.63) is 0 Å². The maximum atomic E-state index is 3.28. The molecule has 1 heteroatoms. The largest absolute Gasteiger partial charge is 0.317 e. The molecule has 0 bridgehead atoms. The molecule has 1 N–H and O–H groups in total. The van der Waals surface area contributed by atoms with Gasteiger partial charge in [0, 0.05) is 0 Å². The van der Waals surface area contributed by atoms with E-state index in [1.165, 1.54) is 32.4 Å². The summed E-state index contributed by atoms with van der Waals surface area (Å²) in [7, 11) is 0. The summed E-state index contributed by atoms with van der Waals surface area (Å²) >= 11 is 0. The van der Waals surface area contributed by atoms with Crippen LogP contribution in [0.5, 0.6) is 0 Å². The van der Waals surface area contributed by atoms with E-state index in [-0.39, 0.29) is 7.43 Å². The second-order valence-corrected chi connectivity index (χ2v) is 1.81. The van der Waals surface area contributed by atoms with Gasteiger partial charge in [0.25, 0.3) is 0 Å². The lowest BCUT2D eigenvalue weighted by Gasteiger charge is -2.08. The van der Waals surface area contributed by atoms with E-state index in [1.807, 2.05) is 13.8 Å². The van der Waals surface area contributed by atoms with Crippen molar-refractivity contribution in [1.29, 1.82) is 0 Å². The zero-order valence-corrected chi connectivity index (χ0v) is 6.04. The summed E-state index contributed by atoms with van der Waals surface area (Å²) in [5.41, 5.74) is 0. The molecular formula is C8H21N. The average Bonchev–Trinajstić information content (AvgIpc) is 1.96. The van der Waals surface area contributed by atoms with Crippen molar-refractivity contribution >= 4 is 0 Å². The Balaban J connectivity index is 0. The van der Waals surface area contributed by atoms with Gasteiger partial charge in [-0.2, -0.15) is 0 Å². The fourth-order valence-electron chi connectivity index (χ4n) is 0.802. The molecule has 0 amide bonds. The quantitative estimate of drug-likeness (QED) is 0.532. The van der Waals surface area contributed by atoms with Gasteiger partial charge in [-0.05, 0) is 25.9 Å². The molecule has 0 aromatic carbocycles. The summed E-state index contributed by atoms with van der Waals surface area (Å²) in [6.45, 7) is 6.50. The number of nitrogens with one attached hydrogen (secondary N) is 1. The maximum Gasteiger partial charge on any atom is -0.00489 e. The Labute approximate surface area is 59.8 Å². The van der Waals surface area contributed by atoms with E-state index in [1.54, 1.807) is 0 Å². The summed E-state index contributed by atoms with van der Waals surface area (Å²) < 4.78 is 0. The first-order valence-electron chi connectivity index (χ1n) is 3.71. The molecule has 0 aromatic rings. The SMILES string of the molecule is C.C1CCNCC1.CC. The third-order valence-corrected chi connectivity index (χ3v) is 1.21. The lowest BCUT2D eigenvalue weighted by atomic mass is 10.2. The molecule has 9 heavy (non-hydrogen) atoms. The molecule has 0 spiro atoms. The lowest BCUT2D eigenvalue weighted by Crippen LogP contribution is -2.21. The highest BCUT2D eigenvalue weighted by Crippen LogP contribution is 1.96. The molecular weight excluding hydrogens is 110 g/mol. The molecule has 0 atom stereocenters. The van der Waals surface area contributed by atoms with E-state index >= 15 is 0 Å². The highest BCUT2D eigenvalue weighted by molar-refractivity contribution is 4.55. The minimum atomic E-state index is 0. The number of hydrogen-bond donors (Lipinski definition) is 1. The first-order valence-corrected chi connectivity index (χ1v) is 3.71. The van der Waals surface area contributed by atoms with Crippen LogP contribution in [0, 0.1) is 0 Å². The van der Waals surface area contributed by atoms with Crippen molar-refractivity contribution in [3.63, 3.8) is 0 Å². The zero-order chi connectivity index (χ0) is 6.24. The predicted molar refractivity (Wildman–Crippen MR) is 44.8 cm³/mol. The zero-order valence-electron chi connectivity index (χ0n) is 6.04. The van der Waals surface area contributed by atoms with Crippen molar-refractivity contribution in [2.45, 2.75) is 40.5 Å². The van der Waals surface area contributed by atoms with E-state index in [2.05, 4.69) is 5.32 Å². The van der Waals surface area contributed by atoms with Gasteiger partial charge >= 0.3 is 0 Å². The first kappa shape index (κ1) is 11.7. The van der Waals surface area contributed by atoms with Crippen molar-refractivity contribution < 1.29 is 0 Å². The smallest absolute Gasteiger partial charge is 0.00489 e. The second kappa shape index (κ2) is 10.9. The fraction of sp³-hybridized carbons (Fsp3) is 1.00. The van der Waals surface area contributed by atoms with Crippen LogP contribution in [0.1, 0.15) is 40.5 Å². The Morgan fingerprint density at radius 1 is 0.889 bits per heavy atom. The Hall–Kier alpha value is -0.0400. The van der Waals surface area contributed by atoms with Crippen LogP contribution < -0.4 is 5.32 Å². The van der Waals surface area contributed by atoms with E-state index in [0.717, 1.165) is 0 Å². The molecule has 1 nitrogen and oxygen atoms in total. The van der Waals surface area contributed by atoms with Crippen LogP contribution in [0.3, 0.4) is 0 Å². The predicted octanol–water partition coefficient (Wildman–Crippen LogP) is 2.42. The van der Waals surface area contributed by atoms with Gasteiger partial charge in [0.05, 0.1) is 0 Å². The Bertz CT molecular complexity index is 20.0. The minimum Gasteiger partial charge on any atom is -0.317 e. The Morgan fingerprint density at radius 2 is 1.33 bits per heavy atom. The molecule has 0 saturated carbocycles. The van der Waals surface area contributed by atoms with Crippen LogP contribution in [0.4, 0.5) is 0 Å². The summed E-state index contributed by atoms with van der Waals surface area (Å²) in [5.74, 6) is 0. The van der Waals surface area contributed by atoms with E-state index in [9.17, 15) is 0 Å². The van der Waals surface area contributed by atoms with Crippen LogP contribution in [0.25, 0.3) is 0 Å². The molecule has 1 aliphatic heterocycles. The Morgan fingerprint density at radius 3 is 1.44 bits per heavy atom. The van der Waals surface area contributed by atoms with Gasteiger partial charge in [-0.3, -0.25) is 0 Å². The number of hydrogen-bond acceptors (Lipinski definition) is 1. The van der Waals surface area contributed by atoms with Crippen molar-refractivity contribution in [2.75, 3.05) is 13.1 Å². The van der Waals surface area contributed by atoms with Crippen LogP contribution in [-0.2, 0) is 0 Å². The molecule has 1 aliphatic rings. The van der Waals surface area contributed by atoms with Gasteiger partial charge in [0.1, 0.15) is 0 Å². The molecule has 1 fully saturated rings. The average molecular weight is 131 g/mol. The number of piperidine rings is 1.